The molecule has 1 N–H and O–H groups in total. The molecule has 1 spiro atoms. The molecule has 0 radical (unpaired) electrons. The molecule has 2 heterocycles. The van der Waals surface area contributed by atoms with Gasteiger partial charge in [0.05, 0.1) is 10.6 Å². The number of aromatic hydroxyl groups is 1. The number of carbonyl (C=O) groups is 2. The van der Waals surface area contributed by atoms with Gasteiger partial charge in [0.1, 0.15) is 21.6 Å². The number of likely N-dealkylation sites (N-methyl/N-ethyl adjacent to an activating group) is 1. The zero-order valence-electron chi connectivity index (χ0n) is 10.8. The molecular formula is C13H8Cl3NO4. The minimum absolute atomic E-state index is 0.0124. The van der Waals surface area contributed by atoms with Gasteiger partial charge in [0.2, 0.25) is 5.78 Å². The molecule has 0 saturated heterocycles. The fourth-order valence-electron chi connectivity index (χ4n) is 2.47. The molecule has 0 fully saturated rings. The summed E-state index contributed by atoms with van der Waals surface area (Å²) in [6.07, 6.45) is 0. The lowest BCUT2D eigenvalue weighted by atomic mass is 10.0. The standard InChI is InChI=1S/C13H8Cl3NO4/c1-4-8(18)6(14)3-5-9(4)21-13(11(5)19)10(16)7(15)12(20)17(13)2/h3,18H,1-2H3. The number of phenolic OH excluding ortho intramolecular Hbond substituents is 1. The summed E-state index contributed by atoms with van der Waals surface area (Å²) in [6.45, 7) is 1.54. The van der Waals surface area contributed by atoms with Crippen LogP contribution >= 0.6 is 34.8 Å². The van der Waals surface area contributed by atoms with Crippen molar-refractivity contribution in [2.45, 2.75) is 12.6 Å². The van der Waals surface area contributed by atoms with Crippen LogP contribution in [0.4, 0.5) is 0 Å². The summed E-state index contributed by atoms with van der Waals surface area (Å²) in [5.74, 6) is -1.24. The lowest BCUT2D eigenvalue weighted by Crippen LogP contribution is -2.53. The first-order valence-corrected chi connectivity index (χ1v) is 6.96. The predicted octanol–water partition coefficient (Wildman–Crippen LogP) is 2.79. The monoisotopic (exact) mass is 347 g/mol. The molecule has 0 saturated carbocycles. The molecule has 5 nitrogen and oxygen atoms in total. The highest BCUT2D eigenvalue weighted by Crippen LogP contribution is 2.51. The molecule has 0 aromatic heterocycles. The average molecular weight is 349 g/mol. The Hall–Kier alpha value is -1.43. The van der Waals surface area contributed by atoms with Gasteiger partial charge in [-0.25, -0.2) is 0 Å². The normalized spacial score (nSPS) is 24.1. The number of benzene rings is 1. The maximum atomic E-state index is 12.7. The van der Waals surface area contributed by atoms with Crippen molar-refractivity contribution in [3.63, 3.8) is 0 Å². The second kappa shape index (κ2) is 4.29. The molecule has 110 valence electrons. The number of ether oxygens (including phenoxy) is 1. The first-order valence-electron chi connectivity index (χ1n) is 5.83. The number of rotatable bonds is 0. The molecule has 1 unspecified atom stereocenters. The molecule has 1 aromatic carbocycles. The van der Waals surface area contributed by atoms with Crippen LogP contribution in [0.25, 0.3) is 0 Å². The molecule has 21 heavy (non-hydrogen) atoms. The summed E-state index contributed by atoms with van der Waals surface area (Å²) in [5.41, 5.74) is -1.39. The van der Waals surface area contributed by atoms with E-state index in [1.807, 2.05) is 0 Å². The van der Waals surface area contributed by atoms with Gasteiger partial charge in [0.15, 0.2) is 0 Å². The Kier molecular flexibility index (Phi) is 2.96. The number of hydrogen-bond donors (Lipinski definition) is 1. The lowest BCUT2D eigenvalue weighted by Gasteiger charge is -2.30. The molecule has 1 atom stereocenters. The van der Waals surface area contributed by atoms with Crippen LogP contribution in [0.15, 0.2) is 16.1 Å². The van der Waals surface area contributed by atoms with Crippen LogP contribution in [0.2, 0.25) is 5.02 Å². The van der Waals surface area contributed by atoms with Crippen LogP contribution in [0.1, 0.15) is 15.9 Å². The number of nitrogens with zero attached hydrogens (tertiary/aromatic N) is 1. The van der Waals surface area contributed by atoms with E-state index in [1.165, 1.54) is 13.1 Å². The highest BCUT2D eigenvalue weighted by Gasteiger charge is 2.61. The SMILES string of the molecule is Cc1c(O)c(Cl)cc2c1OC1(C2=O)C(Cl)=C(Cl)C(=O)N1C. The fraction of sp³-hybridized carbons (Fsp3) is 0.231. The molecule has 2 aliphatic rings. The van der Waals surface area contributed by atoms with E-state index in [4.69, 9.17) is 39.5 Å². The van der Waals surface area contributed by atoms with Crippen LogP contribution in [0.3, 0.4) is 0 Å². The van der Waals surface area contributed by atoms with Crippen molar-refractivity contribution >= 4 is 46.5 Å². The molecule has 0 bridgehead atoms. The number of ketones is 1. The molecule has 1 amide bonds. The number of amides is 1. The van der Waals surface area contributed by atoms with Crippen molar-refractivity contribution in [3.05, 3.63) is 32.3 Å². The summed E-state index contributed by atoms with van der Waals surface area (Å²) in [5, 5.41) is 9.39. The van der Waals surface area contributed by atoms with E-state index >= 15 is 0 Å². The summed E-state index contributed by atoms with van der Waals surface area (Å²) in [4.78, 5) is 25.7. The van der Waals surface area contributed by atoms with Crippen LogP contribution in [0, 0.1) is 6.92 Å². The quantitative estimate of drug-likeness (QED) is 0.783. The molecule has 2 aliphatic heterocycles. The van der Waals surface area contributed by atoms with Crippen molar-refractivity contribution in [2.75, 3.05) is 7.05 Å². The Bertz CT molecular complexity index is 758. The number of hydrogen-bond acceptors (Lipinski definition) is 4. The van der Waals surface area contributed by atoms with Crippen LogP contribution in [-0.4, -0.2) is 34.5 Å². The summed E-state index contributed by atoms with van der Waals surface area (Å²) in [7, 11) is 1.36. The molecule has 1 aromatic rings. The van der Waals surface area contributed by atoms with Crippen molar-refractivity contribution in [1.82, 2.24) is 4.90 Å². The smallest absolute Gasteiger partial charge is 0.287 e. The van der Waals surface area contributed by atoms with E-state index in [9.17, 15) is 14.7 Å². The van der Waals surface area contributed by atoms with Gasteiger partial charge in [-0.2, -0.15) is 0 Å². The number of halogens is 3. The van der Waals surface area contributed by atoms with E-state index in [0.29, 0.717) is 0 Å². The van der Waals surface area contributed by atoms with Gasteiger partial charge >= 0.3 is 0 Å². The number of phenols is 1. The third-order valence-electron chi connectivity index (χ3n) is 3.69. The van der Waals surface area contributed by atoms with Crippen molar-refractivity contribution in [1.29, 1.82) is 0 Å². The van der Waals surface area contributed by atoms with Gasteiger partial charge in [-0.05, 0) is 13.0 Å². The Morgan fingerprint density at radius 3 is 2.43 bits per heavy atom. The van der Waals surface area contributed by atoms with Crippen LogP contribution in [-0.2, 0) is 4.79 Å². The largest absolute Gasteiger partial charge is 0.506 e. The van der Waals surface area contributed by atoms with Gasteiger partial charge in [0, 0.05) is 12.6 Å². The highest BCUT2D eigenvalue weighted by molar-refractivity contribution is 6.51. The van der Waals surface area contributed by atoms with Crippen LogP contribution in [0.5, 0.6) is 11.5 Å². The number of Topliss-reactive ketones (excluding diaryl/α,β-unsaturated/α-hetero) is 1. The van der Waals surface area contributed by atoms with Gasteiger partial charge in [-0.3, -0.25) is 14.5 Å². The predicted molar refractivity (Wildman–Crippen MR) is 77.0 cm³/mol. The zero-order valence-corrected chi connectivity index (χ0v) is 13.1. The third kappa shape index (κ3) is 1.54. The van der Waals surface area contributed by atoms with Crippen molar-refractivity contribution in [3.8, 4) is 11.5 Å². The zero-order chi connectivity index (χ0) is 15.7. The van der Waals surface area contributed by atoms with E-state index in [-0.39, 0.29) is 37.7 Å². The van der Waals surface area contributed by atoms with E-state index < -0.39 is 17.4 Å². The van der Waals surface area contributed by atoms with Gasteiger partial charge in [0.25, 0.3) is 11.6 Å². The first kappa shape index (κ1) is 14.5. The number of carbonyl (C=O) groups excluding carboxylic acids is 2. The summed E-state index contributed by atoms with van der Waals surface area (Å²) < 4.78 is 5.66. The molecule has 8 heteroatoms. The Morgan fingerprint density at radius 2 is 1.90 bits per heavy atom. The maximum absolute atomic E-state index is 12.7. The summed E-state index contributed by atoms with van der Waals surface area (Å²) in [6, 6.07) is 1.28. The van der Waals surface area contributed by atoms with Gasteiger partial charge in [-0.15, -0.1) is 0 Å². The van der Waals surface area contributed by atoms with E-state index in [0.717, 1.165) is 4.90 Å². The highest BCUT2D eigenvalue weighted by atomic mass is 35.5. The Labute approximate surface area is 134 Å². The van der Waals surface area contributed by atoms with E-state index in [1.54, 1.807) is 6.92 Å². The second-order valence-corrected chi connectivity index (χ2v) is 5.94. The Balaban J connectivity index is 2.27. The second-order valence-electron chi connectivity index (χ2n) is 4.78. The van der Waals surface area contributed by atoms with E-state index in [2.05, 4.69) is 0 Å². The molecular weight excluding hydrogens is 341 g/mol. The number of fused-ring (bicyclic) bond motifs is 1. The van der Waals surface area contributed by atoms with Gasteiger partial charge < -0.3 is 9.84 Å². The summed E-state index contributed by atoms with van der Waals surface area (Å²) >= 11 is 17.8. The van der Waals surface area contributed by atoms with Crippen LogP contribution < -0.4 is 4.74 Å². The topological polar surface area (TPSA) is 66.8 Å². The molecule has 3 rings (SSSR count). The Morgan fingerprint density at radius 1 is 1.29 bits per heavy atom. The minimum atomic E-state index is -1.82. The lowest BCUT2D eigenvalue weighted by molar-refractivity contribution is -0.131. The van der Waals surface area contributed by atoms with Gasteiger partial charge in [-0.1, -0.05) is 34.8 Å². The third-order valence-corrected chi connectivity index (χ3v) is 4.88. The molecule has 0 aliphatic carbocycles. The average Bonchev–Trinajstić information content (AvgIpc) is 2.83. The van der Waals surface area contributed by atoms with Crippen molar-refractivity contribution in [2.24, 2.45) is 0 Å². The fourth-order valence-corrected chi connectivity index (χ4v) is 3.31. The van der Waals surface area contributed by atoms with Crippen molar-refractivity contribution < 1.29 is 19.4 Å². The minimum Gasteiger partial charge on any atom is -0.506 e. The first-order chi connectivity index (χ1) is 9.73. The maximum Gasteiger partial charge on any atom is 0.287 e.